The minimum Gasteiger partial charge on any atom is -0.334 e. The van der Waals surface area contributed by atoms with E-state index in [4.69, 9.17) is 0 Å². The number of rotatable bonds is 2. The number of hydrogen-bond acceptors (Lipinski definition) is 2. The largest absolute Gasteiger partial charge is 0.334 e. The van der Waals surface area contributed by atoms with Gasteiger partial charge in [-0.25, -0.2) is 0 Å². The Bertz CT molecular complexity index is 707. The number of aromatic nitrogens is 2. The van der Waals surface area contributed by atoms with Crippen LogP contribution < -0.4 is 0 Å². The van der Waals surface area contributed by atoms with Gasteiger partial charge in [0.15, 0.2) is 5.69 Å². The molecule has 1 N–H and O–H groups in total. The van der Waals surface area contributed by atoms with Gasteiger partial charge >= 0.3 is 0 Å². The van der Waals surface area contributed by atoms with Crippen LogP contribution in [0.1, 0.15) is 43.6 Å². The number of nitrogens with one attached hydrogen (secondary N) is 1. The maximum Gasteiger partial charge on any atom is 0.275 e. The van der Waals surface area contributed by atoms with E-state index in [9.17, 15) is 4.79 Å². The summed E-state index contributed by atoms with van der Waals surface area (Å²) >= 11 is 0. The van der Waals surface area contributed by atoms with E-state index in [0.717, 1.165) is 29.8 Å². The molecule has 1 saturated heterocycles. The highest BCUT2D eigenvalue weighted by Gasteiger charge is 2.46. The van der Waals surface area contributed by atoms with Gasteiger partial charge in [0.25, 0.3) is 5.91 Å². The molecule has 1 aliphatic heterocycles. The molecular formula is C18H23N3O. The smallest absolute Gasteiger partial charge is 0.275 e. The average Bonchev–Trinajstić information content (AvgIpc) is 3.02. The molecule has 1 aromatic carbocycles. The normalized spacial score (nSPS) is 30.9. The Labute approximate surface area is 130 Å². The number of nitrogens with zero attached hydrogens (tertiary/aromatic N) is 2. The Morgan fingerprint density at radius 3 is 3.00 bits per heavy atom. The van der Waals surface area contributed by atoms with E-state index in [0.29, 0.717) is 23.6 Å². The van der Waals surface area contributed by atoms with Gasteiger partial charge in [0.2, 0.25) is 0 Å². The average molecular weight is 297 g/mol. The third-order valence-electron chi connectivity index (χ3n) is 5.90. The fraction of sp³-hybridized carbons (Fsp3) is 0.556. The van der Waals surface area contributed by atoms with Crippen LogP contribution in [0.4, 0.5) is 0 Å². The minimum absolute atomic E-state index is 0.105. The number of benzene rings is 1. The Balaban J connectivity index is 1.66. The molecular weight excluding hydrogens is 274 g/mol. The summed E-state index contributed by atoms with van der Waals surface area (Å²) in [5, 5.41) is 8.23. The predicted octanol–water partition coefficient (Wildman–Crippen LogP) is 3.46. The third kappa shape index (κ3) is 1.97. The van der Waals surface area contributed by atoms with Gasteiger partial charge in [-0.2, -0.15) is 5.10 Å². The van der Waals surface area contributed by atoms with Crippen molar-refractivity contribution < 1.29 is 4.79 Å². The zero-order valence-electron chi connectivity index (χ0n) is 13.2. The molecule has 0 radical (unpaired) electrons. The number of likely N-dealkylation sites (tertiary alicyclic amines) is 1. The molecule has 0 spiro atoms. The molecule has 4 heteroatoms. The van der Waals surface area contributed by atoms with Crippen molar-refractivity contribution in [3.8, 4) is 0 Å². The van der Waals surface area contributed by atoms with E-state index in [1.54, 1.807) is 0 Å². The molecule has 1 amide bonds. The Hall–Kier alpha value is -1.84. The molecule has 4 rings (SSSR count). The van der Waals surface area contributed by atoms with Crippen molar-refractivity contribution in [2.75, 3.05) is 6.54 Å². The van der Waals surface area contributed by atoms with Gasteiger partial charge in [-0.15, -0.1) is 0 Å². The van der Waals surface area contributed by atoms with E-state index in [2.05, 4.69) is 28.9 Å². The molecule has 2 fully saturated rings. The fourth-order valence-electron chi connectivity index (χ4n) is 4.48. The molecule has 1 saturated carbocycles. The first kappa shape index (κ1) is 13.8. The van der Waals surface area contributed by atoms with Crippen LogP contribution >= 0.6 is 0 Å². The quantitative estimate of drug-likeness (QED) is 0.923. The number of aromatic amines is 1. The number of amides is 1. The second-order valence-electron chi connectivity index (χ2n) is 7.01. The fourth-order valence-corrected chi connectivity index (χ4v) is 4.48. The molecule has 1 aliphatic carbocycles. The van der Waals surface area contributed by atoms with Crippen molar-refractivity contribution in [2.45, 2.75) is 39.2 Å². The number of carbonyl (C=O) groups is 1. The lowest BCUT2D eigenvalue weighted by Crippen LogP contribution is -2.39. The molecule has 2 heterocycles. The summed E-state index contributed by atoms with van der Waals surface area (Å²) in [4.78, 5) is 15.2. The zero-order valence-corrected chi connectivity index (χ0v) is 13.2. The first-order valence-corrected chi connectivity index (χ1v) is 8.43. The van der Waals surface area contributed by atoms with Crippen molar-refractivity contribution >= 4 is 16.8 Å². The highest BCUT2D eigenvalue weighted by molar-refractivity contribution is 6.04. The topological polar surface area (TPSA) is 49.0 Å². The number of H-pyrrole nitrogens is 1. The monoisotopic (exact) mass is 297 g/mol. The van der Waals surface area contributed by atoms with E-state index in [1.807, 2.05) is 24.3 Å². The Morgan fingerprint density at radius 1 is 1.36 bits per heavy atom. The number of para-hydroxylation sites is 1. The lowest BCUT2D eigenvalue weighted by Gasteiger charge is -2.33. The lowest BCUT2D eigenvalue weighted by molar-refractivity contribution is 0.0694. The number of fused-ring (bicyclic) bond motifs is 3. The van der Waals surface area contributed by atoms with E-state index < -0.39 is 0 Å². The van der Waals surface area contributed by atoms with Gasteiger partial charge in [0.05, 0.1) is 5.52 Å². The summed E-state index contributed by atoms with van der Waals surface area (Å²) in [6, 6.07) is 8.27. The second-order valence-corrected chi connectivity index (χ2v) is 7.01. The summed E-state index contributed by atoms with van der Waals surface area (Å²) < 4.78 is 0. The van der Waals surface area contributed by atoms with Crippen LogP contribution in [-0.2, 0) is 0 Å². The van der Waals surface area contributed by atoms with Crippen molar-refractivity contribution in [1.82, 2.24) is 15.1 Å². The number of carbonyl (C=O) groups excluding carboxylic acids is 1. The highest BCUT2D eigenvalue weighted by Crippen LogP contribution is 2.44. The molecule has 4 nitrogen and oxygen atoms in total. The minimum atomic E-state index is 0.105. The standard InChI is InChI=1S/C18H23N3O/c1-3-12-8-13-10-21(16(9-12)11(13)2)18(22)17-14-6-4-5-7-15(14)19-20-17/h4-7,11-13,16H,3,8-10H2,1-2H3,(H,19,20)/t11-,12+,13-,16-/m1/s1. The first-order chi connectivity index (χ1) is 10.7. The first-order valence-electron chi connectivity index (χ1n) is 8.43. The molecule has 1 aromatic heterocycles. The summed E-state index contributed by atoms with van der Waals surface area (Å²) in [6.07, 6.45) is 3.66. The maximum absolute atomic E-state index is 13.0. The molecule has 2 bridgehead atoms. The molecule has 2 aromatic rings. The van der Waals surface area contributed by atoms with E-state index in [-0.39, 0.29) is 5.91 Å². The van der Waals surface area contributed by atoms with Crippen molar-refractivity contribution in [3.05, 3.63) is 30.0 Å². The molecule has 0 unspecified atom stereocenters. The summed E-state index contributed by atoms with van der Waals surface area (Å²) in [6.45, 7) is 5.49. The number of hydrogen-bond donors (Lipinski definition) is 1. The van der Waals surface area contributed by atoms with Crippen LogP contribution in [0.5, 0.6) is 0 Å². The van der Waals surface area contributed by atoms with Gasteiger partial charge in [-0.3, -0.25) is 9.89 Å². The highest BCUT2D eigenvalue weighted by atomic mass is 16.2. The van der Waals surface area contributed by atoms with Crippen molar-refractivity contribution in [1.29, 1.82) is 0 Å². The van der Waals surface area contributed by atoms with Crippen LogP contribution in [0.15, 0.2) is 24.3 Å². The second kappa shape index (κ2) is 5.11. The summed E-state index contributed by atoms with van der Waals surface area (Å²) in [5.41, 5.74) is 1.52. The van der Waals surface area contributed by atoms with E-state index in [1.165, 1.54) is 12.8 Å². The van der Waals surface area contributed by atoms with Gasteiger partial charge in [-0.05, 0) is 36.7 Å². The zero-order chi connectivity index (χ0) is 15.3. The lowest BCUT2D eigenvalue weighted by atomic mass is 9.74. The van der Waals surface area contributed by atoms with Crippen LogP contribution in [-0.4, -0.2) is 33.6 Å². The van der Waals surface area contributed by atoms with Gasteiger partial charge in [0, 0.05) is 18.0 Å². The van der Waals surface area contributed by atoms with Gasteiger partial charge in [-0.1, -0.05) is 38.5 Å². The summed E-state index contributed by atoms with van der Waals surface area (Å²) in [5.74, 6) is 2.17. The van der Waals surface area contributed by atoms with Crippen LogP contribution in [0.2, 0.25) is 0 Å². The predicted molar refractivity (Wildman–Crippen MR) is 86.6 cm³/mol. The van der Waals surface area contributed by atoms with Crippen LogP contribution in [0.3, 0.4) is 0 Å². The molecule has 4 atom stereocenters. The van der Waals surface area contributed by atoms with Gasteiger partial charge in [0.1, 0.15) is 0 Å². The third-order valence-corrected chi connectivity index (χ3v) is 5.90. The summed E-state index contributed by atoms with van der Waals surface area (Å²) in [7, 11) is 0. The molecule has 116 valence electrons. The van der Waals surface area contributed by atoms with E-state index >= 15 is 0 Å². The van der Waals surface area contributed by atoms with Crippen LogP contribution in [0.25, 0.3) is 10.9 Å². The Kier molecular flexibility index (Phi) is 3.21. The maximum atomic E-state index is 13.0. The SMILES string of the molecule is CC[C@H]1C[C@@H]2CN(C(=O)c3n[nH]c4ccccc34)[C@H](C1)[C@@H]2C. The van der Waals surface area contributed by atoms with Crippen molar-refractivity contribution in [2.24, 2.45) is 17.8 Å². The van der Waals surface area contributed by atoms with Crippen LogP contribution in [0, 0.1) is 17.8 Å². The molecule has 2 aliphatic rings. The van der Waals surface area contributed by atoms with Crippen molar-refractivity contribution in [3.63, 3.8) is 0 Å². The van der Waals surface area contributed by atoms with Gasteiger partial charge < -0.3 is 4.90 Å². The Morgan fingerprint density at radius 2 is 2.18 bits per heavy atom. The molecule has 22 heavy (non-hydrogen) atoms.